The lowest BCUT2D eigenvalue weighted by molar-refractivity contribution is -0.0457. The van der Waals surface area contributed by atoms with E-state index in [0.717, 1.165) is 48.0 Å². The lowest BCUT2D eigenvalue weighted by Crippen LogP contribution is -2.27. The number of aryl methyl sites for hydroxylation is 2. The average Bonchev–Trinajstić information content (AvgIpc) is 3.44. The van der Waals surface area contributed by atoms with Gasteiger partial charge in [0.05, 0.1) is 18.1 Å². The molecule has 3 atom stereocenters. The molecule has 0 aliphatic carbocycles. The van der Waals surface area contributed by atoms with Crippen LogP contribution in [0.15, 0.2) is 39.7 Å². The van der Waals surface area contributed by atoms with Crippen molar-refractivity contribution in [3.8, 4) is 11.1 Å². The highest BCUT2D eigenvalue weighted by Crippen LogP contribution is 2.36. The molecule has 2 aromatic heterocycles. The van der Waals surface area contributed by atoms with Crippen LogP contribution in [0.3, 0.4) is 0 Å². The van der Waals surface area contributed by atoms with Crippen molar-refractivity contribution in [2.45, 2.75) is 103 Å². The summed E-state index contributed by atoms with van der Waals surface area (Å²) in [6, 6.07) is 8.46. The molecular formula is C29H40N2O5. The minimum Gasteiger partial charge on any atom is -0.442 e. The van der Waals surface area contributed by atoms with Gasteiger partial charge in [-0.25, -0.2) is 4.79 Å². The molecule has 1 aliphatic heterocycles. The molecule has 36 heavy (non-hydrogen) atoms. The Hall–Kier alpha value is -2.48. The van der Waals surface area contributed by atoms with E-state index in [2.05, 4.69) is 43.1 Å². The largest absolute Gasteiger partial charge is 0.442 e. The predicted octanol–water partition coefficient (Wildman–Crippen LogP) is 5.54. The second-order valence-electron chi connectivity index (χ2n) is 9.94. The highest BCUT2D eigenvalue weighted by Gasteiger charge is 2.35. The van der Waals surface area contributed by atoms with Crippen LogP contribution in [-0.2, 0) is 17.6 Å². The topological polar surface area (TPSA) is 97.7 Å². The maximum absolute atomic E-state index is 12.8. The molecule has 1 fully saturated rings. The molecule has 0 unspecified atom stereocenters. The average molecular weight is 497 g/mol. The van der Waals surface area contributed by atoms with E-state index in [0.29, 0.717) is 5.71 Å². The van der Waals surface area contributed by atoms with Crippen LogP contribution >= 0.6 is 0 Å². The summed E-state index contributed by atoms with van der Waals surface area (Å²) in [4.78, 5) is 17.1. The third-order valence-corrected chi connectivity index (χ3v) is 7.29. The Bertz CT molecular complexity index is 1170. The van der Waals surface area contributed by atoms with Crippen LogP contribution < -0.4 is 5.69 Å². The second kappa shape index (κ2) is 12.7. The minimum absolute atomic E-state index is 0.224. The van der Waals surface area contributed by atoms with Crippen molar-refractivity contribution < 1.29 is 19.4 Å². The lowest BCUT2D eigenvalue weighted by Gasteiger charge is -2.14. The van der Waals surface area contributed by atoms with Crippen LogP contribution in [0.4, 0.5) is 0 Å². The highest BCUT2D eigenvalue weighted by molar-refractivity contribution is 5.93. The first kappa shape index (κ1) is 26.6. The molecule has 0 amide bonds. The fraction of sp³-hybridized carbons (Fsp3) is 0.586. The quantitative estimate of drug-likeness (QED) is 0.301. The summed E-state index contributed by atoms with van der Waals surface area (Å²) in [7, 11) is 0. The van der Waals surface area contributed by atoms with Crippen LogP contribution in [0.25, 0.3) is 22.2 Å². The van der Waals surface area contributed by atoms with Gasteiger partial charge in [-0.15, -0.1) is 0 Å². The first-order valence-corrected chi connectivity index (χ1v) is 13.6. The molecule has 2 N–H and O–H groups in total. The minimum atomic E-state index is -0.828. The zero-order valence-corrected chi connectivity index (χ0v) is 21.6. The maximum Gasteiger partial charge on any atom is 0.353 e. The Balaban J connectivity index is 1.60. The first-order valence-electron chi connectivity index (χ1n) is 13.6. The van der Waals surface area contributed by atoms with E-state index >= 15 is 0 Å². The van der Waals surface area contributed by atoms with Gasteiger partial charge in [0, 0.05) is 24.6 Å². The van der Waals surface area contributed by atoms with Crippen molar-refractivity contribution in [2.24, 2.45) is 0 Å². The van der Waals surface area contributed by atoms with Crippen molar-refractivity contribution in [1.82, 2.24) is 9.55 Å². The Morgan fingerprint density at radius 1 is 1.03 bits per heavy atom. The van der Waals surface area contributed by atoms with Gasteiger partial charge in [-0.05, 0) is 24.0 Å². The molecule has 1 aromatic carbocycles. The van der Waals surface area contributed by atoms with Crippen LogP contribution in [0.5, 0.6) is 0 Å². The Morgan fingerprint density at radius 2 is 1.72 bits per heavy atom. The standard InChI is InChI=1S/C29H40N2O5/c1-3-5-6-7-8-9-10-11-12-24-27(21-15-13-20(4-2)14-16-21)22-18-31(29(34)30-28(22)36-24)26-17-23(33)25(19-32)35-26/h13-16,18,23,25-26,32-33H,3-12,17,19H2,1-2H3/t23-,25+,26+/m0/s1. The number of aliphatic hydroxyl groups excluding tert-OH is 2. The smallest absolute Gasteiger partial charge is 0.353 e. The van der Waals surface area contributed by atoms with Crippen molar-refractivity contribution in [2.75, 3.05) is 6.61 Å². The number of benzene rings is 1. The number of rotatable bonds is 13. The van der Waals surface area contributed by atoms with E-state index in [9.17, 15) is 15.0 Å². The molecule has 0 bridgehead atoms. The number of unbranched alkanes of at least 4 members (excludes halogenated alkanes) is 7. The molecule has 1 saturated heterocycles. The lowest BCUT2D eigenvalue weighted by atomic mass is 9.98. The molecule has 0 spiro atoms. The molecule has 7 nitrogen and oxygen atoms in total. The number of ether oxygens (including phenoxy) is 1. The molecule has 7 heteroatoms. The van der Waals surface area contributed by atoms with E-state index in [1.165, 1.54) is 48.7 Å². The van der Waals surface area contributed by atoms with Crippen LogP contribution in [0.1, 0.15) is 89.2 Å². The SMILES string of the molecule is CCCCCCCCCCc1oc2nc(=O)n([C@H]3C[C@H](O)[C@@H](CO)O3)cc2c1-c1ccc(CC)cc1. The van der Waals surface area contributed by atoms with E-state index in [-0.39, 0.29) is 13.0 Å². The van der Waals surface area contributed by atoms with E-state index < -0.39 is 24.1 Å². The summed E-state index contributed by atoms with van der Waals surface area (Å²) in [5.41, 5.74) is 3.10. The van der Waals surface area contributed by atoms with Crippen LogP contribution in [0, 0.1) is 0 Å². The van der Waals surface area contributed by atoms with Gasteiger partial charge in [0.2, 0.25) is 5.71 Å². The summed E-state index contributed by atoms with van der Waals surface area (Å²) in [5, 5.41) is 20.4. The van der Waals surface area contributed by atoms with Gasteiger partial charge in [0.1, 0.15) is 18.1 Å². The number of furan rings is 1. The fourth-order valence-corrected chi connectivity index (χ4v) is 5.10. The Morgan fingerprint density at radius 3 is 2.36 bits per heavy atom. The van der Waals surface area contributed by atoms with Crippen molar-refractivity contribution in [1.29, 1.82) is 0 Å². The summed E-state index contributed by atoms with van der Waals surface area (Å²) in [5.74, 6) is 0.852. The van der Waals surface area contributed by atoms with Gasteiger partial charge in [0.15, 0.2) is 0 Å². The molecule has 1 aliphatic rings. The number of hydrogen-bond donors (Lipinski definition) is 2. The van der Waals surface area contributed by atoms with Crippen LogP contribution in [-0.4, -0.2) is 38.6 Å². The van der Waals surface area contributed by atoms with Crippen molar-refractivity contribution in [3.05, 3.63) is 52.3 Å². The van der Waals surface area contributed by atoms with Gasteiger partial charge in [0.25, 0.3) is 0 Å². The Labute approximate surface area is 213 Å². The number of hydrogen-bond acceptors (Lipinski definition) is 6. The number of aromatic nitrogens is 2. The molecular weight excluding hydrogens is 456 g/mol. The van der Waals surface area contributed by atoms with Crippen molar-refractivity contribution in [3.63, 3.8) is 0 Å². The molecule has 4 rings (SSSR count). The van der Waals surface area contributed by atoms with Gasteiger partial charge >= 0.3 is 5.69 Å². The third-order valence-electron chi connectivity index (χ3n) is 7.29. The zero-order chi connectivity index (χ0) is 25.5. The highest BCUT2D eigenvalue weighted by atomic mass is 16.5. The second-order valence-corrected chi connectivity index (χ2v) is 9.94. The van der Waals surface area contributed by atoms with Gasteiger partial charge < -0.3 is 19.4 Å². The Kier molecular flexibility index (Phi) is 9.35. The predicted molar refractivity (Wildman–Crippen MR) is 141 cm³/mol. The molecule has 3 aromatic rings. The van der Waals surface area contributed by atoms with Gasteiger partial charge in [-0.2, -0.15) is 4.98 Å². The third kappa shape index (κ3) is 6.07. The van der Waals surface area contributed by atoms with Crippen molar-refractivity contribution >= 4 is 11.1 Å². The van der Waals surface area contributed by atoms with E-state index in [1.54, 1.807) is 6.20 Å². The van der Waals surface area contributed by atoms with Gasteiger partial charge in [-0.1, -0.05) is 83.1 Å². The monoisotopic (exact) mass is 496 g/mol. The summed E-state index contributed by atoms with van der Waals surface area (Å²) in [6.45, 7) is 4.07. The molecule has 0 radical (unpaired) electrons. The van der Waals surface area contributed by atoms with E-state index in [1.807, 2.05) is 0 Å². The maximum atomic E-state index is 12.8. The normalized spacial score (nSPS) is 19.9. The van der Waals surface area contributed by atoms with Gasteiger partial charge in [-0.3, -0.25) is 4.57 Å². The fourth-order valence-electron chi connectivity index (χ4n) is 5.10. The molecule has 0 saturated carbocycles. The number of aliphatic hydroxyl groups is 2. The first-order chi connectivity index (χ1) is 17.5. The number of fused-ring (bicyclic) bond motifs is 1. The number of nitrogens with zero attached hydrogens (tertiary/aromatic N) is 2. The molecule has 3 heterocycles. The molecule has 196 valence electrons. The summed E-state index contributed by atoms with van der Waals surface area (Å²) >= 11 is 0. The van der Waals surface area contributed by atoms with Crippen LogP contribution in [0.2, 0.25) is 0 Å². The summed E-state index contributed by atoms with van der Waals surface area (Å²) < 4.78 is 13.3. The summed E-state index contributed by atoms with van der Waals surface area (Å²) in [6.07, 6.45) is 11.4. The zero-order valence-electron chi connectivity index (χ0n) is 21.6. The van der Waals surface area contributed by atoms with E-state index in [4.69, 9.17) is 9.15 Å².